The summed E-state index contributed by atoms with van der Waals surface area (Å²) in [4.78, 5) is 23.6. The summed E-state index contributed by atoms with van der Waals surface area (Å²) in [6, 6.07) is 6.76. The van der Waals surface area contributed by atoms with Crippen molar-refractivity contribution in [1.29, 1.82) is 0 Å². The zero-order valence-corrected chi connectivity index (χ0v) is 12.2. The van der Waals surface area contributed by atoms with E-state index >= 15 is 0 Å². The second kappa shape index (κ2) is 6.75. The van der Waals surface area contributed by atoms with Crippen LogP contribution >= 0.6 is 11.6 Å². The van der Waals surface area contributed by atoms with Gasteiger partial charge in [-0.2, -0.15) is 0 Å². The fraction of sp³-hybridized carbons (Fsp3) is 0.467. The third-order valence-electron chi connectivity index (χ3n) is 3.66. The molecule has 1 aromatic carbocycles. The predicted molar refractivity (Wildman–Crippen MR) is 76.3 cm³/mol. The summed E-state index contributed by atoms with van der Waals surface area (Å²) >= 11 is 5.86. The number of halogens is 1. The molecule has 4 nitrogen and oxygen atoms in total. The number of esters is 1. The number of hydrogen-bond acceptors (Lipinski definition) is 3. The van der Waals surface area contributed by atoms with Crippen molar-refractivity contribution < 1.29 is 14.3 Å². The summed E-state index contributed by atoms with van der Waals surface area (Å²) < 4.78 is 4.69. The molecule has 1 aliphatic rings. The molecule has 1 fully saturated rings. The maximum atomic E-state index is 12.1. The molecule has 2 rings (SSSR count). The largest absolute Gasteiger partial charge is 0.469 e. The van der Waals surface area contributed by atoms with Crippen LogP contribution in [0.15, 0.2) is 24.3 Å². The minimum absolute atomic E-state index is 0.0140. The standard InChI is InChI=1S/C15H18ClNO3/c1-20-14(18)9-13(10-5-7-12(16)8-6-10)17-15(19)11-3-2-4-11/h5-8,11,13H,2-4,9H2,1H3,(H,17,19). The molecule has 1 amide bonds. The molecule has 0 saturated heterocycles. The van der Waals surface area contributed by atoms with Crippen LogP contribution in [0.5, 0.6) is 0 Å². The van der Waals surface area contributed by atoms with E-state index in [9.17, 15) is 9.59 Å². The van der Waals surface area contributed by atoms with Gasteiger partial charge < -0.3 is 10.1 Å². The van der Waals surface area contributed by atoms with E-state index in [2.05, 4.69) is 5.32 Å². The molecule has 0 spiro atoms. The fourth-order valence-electron chi connectivity index (χ4n) is 2.16. The fourth-order valence-corrected chi connectivity index (χ4v) is 2.28. The molecule has 0 bridgehead atoms. The molecule has 0 radical (unpaired) electrons. The van der Waals surface area contributed by atoms with Crippen LogP contribution in [0, 0.1) is 5.92 Å². The van der Waals surface area contributed by atoms with Crippen LogP contribution in [0.25, 0.3) is 0 Å². The Bertz CT molecular complexity index is 482. The van der Waals surface area contributed by atoms with Crippen molar-refractivity contribution in [2.24, 2.45) is 5.92 Å². The van der Waals surface area contributed by atoms with Crippen molar-refractivity contribution in [3.63, 3.8) is 0 Å². The predicted octanol–water partition coefficient (Wildman–Crippen LogP) is 2.86. The van der Waals surface area contributed by atoms with E-state index in [1.165, 1.54) is 7.11 Å². The van der Waals surface area contributed by atoms with E-state index in [0.29, 0.717) is 5.02 Å². The molecule has 0 heterocycles. The normalized spacial score (nSPS) is 16.1. The first-order valence-corrected chi connectivity index (χ1v) is 7.10. The maximum Gasteiger partial charge on any atom is 0.307 e. The second-order valence-electron chi connectivity index (χ2n) is 5.02. The van der Waals surface area contributed by atoms with Crippen LogP contribution in [0.4, 0.5) is 0 Å². The topological polar surface area (TPSA) is 55.4 Å². The highest BCUT2D eigenvalue weighted by Gasteiger charge is 2.28. The lowest BCUT2D eigenvalue weighted by Gasteiger charge is -2.27. The average Bonchev–Trinajstić information content (AvgIpc) is 2.36. The number of methoxy groups -OCH3 is 1. The molecule has 108 valence electrons. The summed E-state index contributed by atoms with van der Waals surface area (Å²) in [6.07, 6.45) is 3.08. The van der Waals surface area contributed by atoms with Gasteiger partial charge in [0.05, 0.1) is 19.6 Å². The first-order valence-electron chi connectivity index (χ1n) is 6.73. The molecule has 0 aromatic heterocycles. The van der Waals surface area contributed by atoms with Gasteiger partial charge >= 0.3 is 5.97 Å². The number of benzene rings is 1. The van der Waals surface area contributed by atoms with E-state index in [0.717, 1.165) is 24.8 Å². The smallest absolute Gasteiger partial charge is 0.307 e. The summed E-state index contributed by atoms with van der Waals surface area (Å²) in [5, 5.41) is 3.56. The van der Waals surface area contributed by atoms with Gasteiger partial charge in [0.1, 0.15) is 0 Å². The molecule has 5 heteroatoms. The lowest BCUT2D eigenvalue weighted by Crippen LogP contribution is -2.37. The maximum absolute atomic E-state index is 12.1. The second-order valence-corrected chi connectivity index (χ2v) is 5.46. The number of carbonyl (C=O) groups is 2. The van der Waals surface area contributed by atoms with Crippen molar-refractivity contribution in [3.8, 4) is 0 Å². The van der Waals surface area contributed by atoms with Crippen LogP contribution in [0.1, 0.15) is 37.3 Å². The van der Waals surface area contributed by atoms with Gasteiger partial charge in [0.2, 0.25) is 5.91 Å². The Hall–Kier alpha value is -1.55. The van der Waals surface area contributed by atoms with Crippen molar-refractivity contribution in [2.75, 3.05) is 7.11 Å². The molecule has 1 aliphatic carbocycles. The molecule has 1 unspecified atom stereocenters. The summed E-state index contributed by atoms with van der Waals surface area (Å²) in [7, 11) is 1.34. The molecule has 1 atom stereocenters. The van der Waals surface area contributed by atoms with Gasteiger partial charge in [-0.25, -0.2) is 0 Å². The van der Waals surface area contributed by atoms with Crippen LogP contribution in [0.2, 0.25) is 5.02 Å². The Kier molecular flexibility index (Phi) is 5.01. The third-order valence-corrected chi connectivity index (χ3v) is 3.92. The van der Waals surface area contributed by atoms with Crippen molar-refractivity contribution in [3.05, 3.63) is 34.9 Å². The van der Waals surface area contributed by atoms with Crippen LogP contribution < -0.4 is 5.32 Å². The highest BCUT2D eigenvalue weighted by atomic mass is 35.5. The van der Waals surface area contributed by atoms with Gasteiger partial charge in [0.25, 0.3) is 0 Å². The van der Waals surface area contributed by atoms with E-state index in [4.69, 9.17) is 16.3 Å². The number of carbonyl (C=O) groups excluding carboxylic acids is 2. The van der Waals surface area contributed by atoms with Crippen molar-refractivity contribution >= 4 is 23.5 Å². The van der Waals surface area contributed by atoms with Crippen LogP contribution in [-0.2, 0) is 14.3 Å². The summed E-state index contributed by atoms with van der Waals surface area (Å²) in [5.41, 5.74) is 0.854. The molecular weight excluding hydrogens is 278 g/mol. The number of amides is 1. The number of nitrogens with one attached hydrogen (secondary N) is 1. The number of hydrogen-bond donors (Lipinski definition) is 1. The Balaban J connectivity index is 2.08. The monoisotopic (exact) mass is 295 g/mol. The van der Waals surface area contributed by atoms with E-state index in [-0.39, 0.29) is 30.3 Å². The number of ether oxygens (including phenoxy) is 1. The summed E-state index contributed by atoms with van der Waals surface area (Å²) in [5.74, 6) is -0.249. The van der Waals surface area contributed by atoms with Gasteiger partial charge in [0.15, 0.2) is 0 Å². The Morgan fingerprint density at radius 2 is 2.00 bits per heavy atom. The number of rotatable bonds is 5. The molecule has 1 N–H and O–H groups in total. The van der Waals surface area contributed by atoms with E-state index in [1.807, 2.05) is 12.1 Å². The molecule has 20 heavy (non-hydrogen) atoms. The van der Waals surface area contributed by atoms with Crippen molar-refractivity contribution in [2.45, 2.75) is 31.7 Å². The average molecular weight is 296 g/mol. The van der Waals surface area contributed by atoms with Crippen LogP contribution in [-0.4, -0.2) is 19.0 Å². The molecular formula is C15H18ClNO3. The Morgan fingerprint density at radius 1 is 1.35 bits per heavy atom. The highest BCUT2D eigenvalue weighted by molar-refractivity contribution is 6.30. The highest BCUT2D eigenvalue weighted by Crippen LogP contribution is 2.28. The minimum Gasteiger partial charge on any atom is -0.469 e. The van der Waals surface area contributed by atoms with Gasteiger partial charge in [0, 0.05) is 10.9 Å². The Morgan fingerprint density at radius 3 is 2.50 bits per heavy atom. The molecule has 0 aliphatic heterocycles. The van der Waals surface area contributed by atoms with Gasteiger partial charge in [-0.15, -0.1) is 0 Å². The zero-order chi connectivity index (χ0) is 14.5. The SMILES string of the molecule is COC(=O)CC(NC(=O)C1CCC1)c1ccc(Cl)cc1. The van der Waals surface area contributed by atoms with Crippen LogP contribution in [0.3, 0.4) is 0 Å². The first-order chi connectivity index (χ1) is 9.60. The van der Waals surface area contributed by atoms with E-state index in [1.54, 1.807) is 12.1 Å². The van der Waals surface area contributed by atoms with Gasteiger partial charge in [-0.05, 0) is 30.5 Å². The first kappa shape index (κ1) is 14.9. The third kappa shape index (κ3) is 3.73. The molecule has 1 aromatic rings. The van der Waals surface area contributed by atoms with Gasteiger partial charge in [-0.1, -0.05) is 30.2 Å². The van der Waals surface area contributed by atoms with Crippen molar-refractivity contribution in [1.82, 2.24) is 5.32 Å². The Labute approximate surface area is 123 Å². The van der Waals surface area contributed by atoms with Gasteiger partial charge in [-0.3, -0.25) is 9.59 Å². The lowest BCUT2D eigenvalue weighted by atomic mass is 9.84. The minimum atomic E-state index is -0.368. The molecule has 1 saturated carbocycles. The summed E-state index contributed by atoms with van der Waals surface area (Å²) in [6.45, 7) is 0. The quantitative estimate of drug-likeness (QED) is 0.850. The van der Waals surface area contributed by atoms with E-state index < -0.39 is 0 Å². The lowest BCUT2D eigenvalue weighted by molar-refractivity contribution is -0.141. The zero-order valence-electron chi connectivity index (χ0n) is 11.4.